The summed E-state index contributed by atoms with van der Waals surface area (Å²) >= 11 is 2.10. The Morgan fingerprint density at radius 2 is 2.14 bits per heavy atom. The van der Waals surface area contributed by atoms with Crippen molar-refractivity contribution >= 4 is 11.8 Å². The predicted molar refractivity (Wildman–Crippen MR) is 63.7 cm³/mol. The van der Waals surface area contributed by atoms with E-state index < -0.39 is 0 Å². The molecule has 1 saturated carbocycles. The number of thioether (sulfide) groups is 1. The highest BCUT2D eigenvalue weighted by Crippen LogP contribution is 2.33. The molecule has 1 aliphatic heterocycles. The molecular weight excluding hydrogens is 192 g/mol. The van der Waals surface area contributed by atoms with Crippen molar-refractivity contribution in [1.29, 1.82) is 0 Å². The minimum Gasteiger partial charge on any atom is -0.326 e. The predicted octanol–water partition coefficient (Wildman–Crippen LogP) is 1.69. The van der Waals surface area contributed by atoms with Crippen molar-refractivity contribution in [2.24, 2.45) is 5.73 Å². The molecule has 0 radical (unpaired) electrons. The number of rotatable bonds is 1. The van der Waals surface area contributed by atoms with Gasteiger partial charge in [-0.3, -0.25) is 4.90 Å². The summed E-state index contributed by atoms with van der Waals surface area (Å²) in [6, 6.07) is 1.11. The first-order chi connectivity index (χ1) is 6.58. The van der Waals surface area contributed by atoms with Crippen LogP contribution in [0.25, 0.3) is 0 Å². The highest BCUT2D eigenvalue weighted by atomic mass is 32.2. The third-order valence-corrected chi connectivity index (χ3v) is 4.75. The average Bonchev–Trinajstić information content (AvgIpc) is 2.49. The summed E-state index contributed by atoms with van der Waals surface area (Å²) in [6.45, 7) is 7.16. The van der Waals surface area contributed by atoms with E-state index in [1.54, 1.807) is 0 Å². The largest absolute Gasteiger partial charge is 0.326 e. The molecule has 0 aromatic rings. The van der Waals surface area contributed by atoms with Crippen LogP contribution >= 0.6 is 11.8 Å². The summed E-state index contributed by atoms with van der Waals surface area (Å²) in [5.41, 5.74) is 6.15. The van der Waals surface area contributed by atoms with Gasteiger partial charge in [0.15, 0.2) is 0 Å². The fourth-order valence-corrected chi connectivity index (χ4v) is 3.89. The van der Waals surface area contributed by atoms with Crippen molar-refractivity contribution < 1.29 is 0 Å². The zero-order valence-electron chi connectivity index (χ0n) is 9.33. The van der Waals surface area contributed by atoms with Gasteiger partial charge in [-0.25, -0.2) is 0 Å². The summed E-state index contributed by atoms with van der Waals surface area (Å²) in [7, 11) is 0. The fourth-order valence-electron chi connectivity index (χ4n) is 2.76. The third-order valence-electron chi connectivity index (χ3n) is 3.46. The SMILES string of the molecule is CC1(C)CN(C2CCCC2N)CCS1. The molecule has 14 heavy (non-hydrogen) atoms. The molecule has 2 nitrogen and oxygen atoms in total. The lowest BCUT2D eigenvalue weighted by atomic mass is 10.1. The molecule has 0 bridgehead atoms. The van der Waals surface area contributed by atoms with Gasteiger partial charge in [-0.05, 0) is 26.7 Å². The summed E-state index contributed by atoms with van der Waals surface area (Å²) in [4.78, 5) is 2.63. The Kier molecular flexibility index (Phi) is 3.10. The van der Waals surface area contributed by atoms with E-state index in [1.807, 2.05) is 0 Å². The maximum absolute atomic E-state index is 6.15. The molecule has 1 aliphatic carbocycles. The summed E-state index contributed by atoms with van der Waals surface area (Å²) in [6.07, 6.45) is 3.88. The molecule has 2 aliphatic rings. The summed E-state index contributed by atoms with van der Waals surface area (Å²) in [5, 5.41) is 0. The maximum Gasteiger partial charge on any atom is 0.0248 e. The Morgan fingerprint density at radius 3 is 2.71 bits per heavy atom. The molecule has 2 unspecified atom stereocenters. The van der Waals surface area contributed by atoms with Gasteiger partial charge in [0.05, 0.1) is 0 Å². The smallest absolute Gasteiger partial charge is 0.0248 e. The monoisotopic (exact) mass is 214 g/mol. The third kappa shape index (κ3) is 2.26. The number of nitrogens with zero attached hydrogens (tertiary/aromatic N) is 1. The van der Waals surface area contributed by atoms with E-state index in [9.17, 15) is 0 Å². The summed E-state index contributed by atoms with van der Waals surface area (Å²) in [5.74, 6) is 1.27. The number of nitrogens with two attached hydrogens (primary N) is 1. The van der Waals surface area contributed by atoms with Crippen LogP contribution in [-0.2, 0) is 0 Å². The van der Waals surface area contributed by atoms with Crippen LogP contribution in [0.3, 0.4) is 0 Å². The van der Waals surface area contributed by atoms with Crippen LogP contribution in [-0.4, -0.2) is 40.6 Å². The molecule has 1 saturated heterocycles. The minimum atomic E-state index is 0.431. The lowest BCUT2D eigenvalue weighted by molar-refractivity contribution is 0.177. The highest BCUT2D eigenvalue weighted by molar-refractivity contribution is 8.00. The molecule has 1 heterocycles. The van der Waals surface area contributed by atoms with E-state index in [-0.39, 0.29) is 0 Å². The van der Waals surface area contributed by atoms with Crippen molar-refractivity contribution in [3.05, 3.63) is 0 Å². The van der Waals surface area contributed by atoms with E-state index >= 15 is 0 Å². The fraction of sp³-hybridized carbons (Fsp3) is 1.00. The molecule has 82 valence electrons. The van der Waals surface area contributed by atoms with Crippen LogP contribution in [0.4, 0.5) is 0 Å². The van der Waals surface area contributed by atoms with Crippen molar-refractivity contribution in [3.8, 4) is 0 Å². The van der Waals surface area contributed by atoms with E-state index in [1.165, 1.54) is 38.1 Å². The molecule has 2 fully saturated rings. The van der Waals surface area contributed by atoms with Gasteiger partial charge in [-0.1, -0.05) is 6.42 Å². The van der Waals surface area contributed by atoms with E-state index in [2.05, 4.69) is 30.5 Å². The molecule has 0 aromatic carbocycles. The van der Waals surface area contributed by atoms with Crippen LogP contribution in [0.15, 0.2) is 0 Å². The van der Waals surface area contributed by atoms with Crippen molar-refractivity contribution in [3.63, 3.8) is 0 Å². The maximum atomic E-state index is 6.15. The molecular formula is C11H22N2S. The lowest BCUT2D eigenvalue weighted by Gasteiger charge is -2.42. The zero-order valence-corrected chi connectivity index (χ0v) is 10.1. The molecule has 3 heteroatoms. The molecule has 0 spiro atoms. The van der Waals surface area contributed by atoms with Crippen LogP contribution in [0.5, 0.6) is 0 Å². The Labute approximate surface area is 91.6 Å². The molecule has 2 N–H and O–H groups in total. The van der Waals surface area contributed by atoms with Gasteiger partial charge < -0.3 is 5.73 Å². The van der Waals surface area contributed by atoms with Gasteiger partial charge >= 0.3 is 0 Å². The molecule has 2 rings (SSSR count). The van der Waals surface area contributed by atoms with E-state index in [4.69, 9.17) is 5.73 Å². The van der Waals surface area contributed by atoms with E-state index in [0.717, 1.165) is 0 Å². The molecule has 0 amide bonds. The van der Waals surface area contributed by atoms with Crippen LogP contribution in [0.2, 0.25) is 0 Å². The average molecular weight is 214 g/mol. The Balaban J connectivity index is 1.97. The topological polar surface area (TPSA) is 29.3 Å². The molecule has 2 atom stereocenters. The van der Waals surface area contributed by atoms with Crippen LogP contribution in [0.1, 0.15) is 33.1 Å². The van der Waals surface area contributed by atoms with Crippen molar-refractivity contribution in [2.75, 3.05) is 18.8 Å². The van der Waals surface area contributed by atoms with Gasteiger partial charge in [0.25, 0.3) is 0 Å². The van der Waals surface area contributed by atoms with Gasteiger partial charge in [-0.15, -0.1) is 0 Å². The quantitative estimate of drug-likeness (QED) is 0.720. The highest BCUT2D eigenvalue weighted by Gasteiger charge is 2.35. The Morgan fingerprint density at radius 1 is 1.36 bits per heavy atom. The first-order valence-electron chi connectivity index (χ1n) is 5.72. The first-order valence-corrected chi connectivity index (χ1v) is 6.71. The number of hydrogen-bond acceptors (Lipinski definition) is 3. The second-order valence-electron chi connectivity index (χ2n) is 5.24. The van der Waals surface area contributed by atoms with Gasteiger partial charge in [0.2, 0.25) is 0 Å². The zero-order chi connectivity index (χ0) is 10.2. The first kappa shape index (κ1) is 10.8. The van der Waals surface area contributed by atoms with Gasteiger partial charge in [0.1, 0.15) is 0 Å². The standard InChI is InChI=1S/C11H22N2S/c1-11(2)8-13(6-7-14-11)10-5-3-4-9(10)12/h9-10H,3-8,12H2,1-2H3. The van der Waals surface area contributed by atoms with Crippen LogP contribution in [0, 0.1) is 0 Å². The lowest BCUT2D eigenvalue weighted by Crippen LogP contribution is -2.52. The molecule has 0 aromatic heterocycles. The summed E-state index contributed by atoms with van der Waals surface area (Å²) < 4.78 is 0.431. The second-order valence-corrected chi connectivity index (χ2v) is 7.04. The minimum absolute atomic E-state index is 0.431. The number of hydrogen-bond donors (Lipinski definition) is 1. The van der Waals surface area contributed by atoms with E-state index in [0.29, 0.717) is 16.8 Å². The van der Waals surface area contributed by atoms with Gasteiger partial charge in [0, 0.05) is 35.7 Å². The normalized spacial score (nSPS) is 38.8. The Bertz CT molecular complexity index is 205. The Hall–Kier alpha value is 0.270. The van der Waals surface area contributed by atoms with Crippen molar-refractivity contribution in [1.82, 2.24) is 4.90 Å². The van der Waals surface area contributed by atoms with Gasteiger partial charge in [-0.2, -0.15) is 11.8 Å². The second kappa shape index (κ2) is 4.03. The van der Waals surface area contributed by atoms with Crippen LogP contribution < -0.4 is 5.73 Å². The van der Waals surface area contributed by atoms with Crippen molar-refractivity contribution in [2.45, 2.75) is 49.9 Å².